The van der Waals surface area contributed by atoms with Gasteiger partial charge in [-0.25, -0.2) is 0 Å². The van der Waals surface area contributed by atoms with Crippen LogP contribution in [0.3, 0.4) is 0 Å². The highest BCUT2D eigenvalue weighted by atomic mass is 16.4. The van der Waals surface area contributed by atoms with Gasteiger partial charge in [0.1, 0.15) is 6.04 Å². The van der Waals surface area contributed by atoms with Crippen LogP contribution < -0.4 is 10.6 Å². The summed E-state index contributed by atoms with van der Waals surface area (Å²) in [4.78, 5) is 33.9. The van der Waals surface area contributed by atoms with Crippen LogP contribution in [0.25, 0.3) is 0 Å². The van der Waals surface area contributed by atoms with Gasteiger partial charge in [0, 0.05) is 17.2 Å². The normalized spacial score (nSPS) is 11.8. The Morgan fingerprint density at radius 1 is 1.05 bits per heavy atom. The molecule has 1 rings (SSSR count). The molecule has 0 unspecified atom stereocenters. The first kappa shape index (κ1) is 15.7. The smallest absolute Gasteiger partial charge is 0.325 e. The molecule has 0 aliphatic heterocycles. The number of carbonyl (C=O) groups excluding carboxylic acids is 2. The molecular formula is C14H18N2O4. The molecule has 6 heteroatoms. The van der Waals surface area contributed by atoms with Gasteiger partial charge in [-0.15, -0.1) is 0 Å². The molecular weight excluding hydrogens is 260 g/mol. The van der Waals surface area contributed by atoms with Gasteiger partial charge in [0.2, 0.25) is 5.91 Å². The summed E-state index contributed by atoms with van der Waals surface area (Å²) < 4.78 is 0. The quantitative estimate of drug-likeness (QED) is 0.760. The number of anilines is 1. The van der Waals surface area contributed by atoms with E-state index in [1.807, 2.05) is 0 Å². The lowest BCUT2D eigenvalue weighted by molar-refractivity contribution is -0.138. The standard InChI is InChI=1S/C14H18N2O4/c1-8(2)12(17)16-11-6-4-10(5-7-11)13(18)15-9(3)14(19)20/h4-9H,1-3H3,(H,15,18)(H,16,17)(H,19,20)/t9-/m1/s1. The van der Waals surface area contributed by atoms with Crippen LogP contribution >= 0.6 is 0 Å². The summed E-state index contributed by atoms with van der Waals surface area (Å²) in [5.74, 6) is -1.81. The van der Waals surface area contributed by atoms with Crippen LogP contribution in [0, 0.1) is 5.92 Å². The lowest BCUT2D eigenvalue weighted by Crippen LogP contribution is -2.38. The Labute approximate surface area is 117 Å². The van der Waals surface area contributed by atoms with Crippen LogP contribution in [-0.2, 0) is 9.59 Å². The molecule has 1 aromatic carbocycles. The third kappa shape index (κ3) is 4.38. The third-order valence-electron chi connectivity index (χ3n) is 2.66. The number of hydrogen-bond acceptors (Lipinski definition) is 3. The molecule has 1 aromatic rings. The summed E-state index contributed by atoms with van der Waals surface area (Å²) in [5, 5.41) is 13.8. The lowest BCUT2D eigenvalue weighted by atomic mass is 10.1. The van der Waals surface area contributed by atoms with Crippen LogP contribution in [0.2, 0.25) is 0 Å². The van der Waals surface area contributed by atoms with Crippen molar-refractivity contribution in [1.82, 2.24) is 5.32 Å². The fourth-order valence-electron chi connectivity index (χ4n) is 1.33. The van der Waals surface area contributed by atoms with Gasteiger partial charge < -0.3 is 15.7 Å². The van der Waals surface area contributed by atoms with E-state index in [0.717, 1.165) is 0 Å². The van der Waals surface area contributed by atoms with Gasteiger partial charge in [0.25, 0.3) is 5.91 Å². The van der Waals surface area contributed by atoms with Gasteiger partial charge in [0.15, 0.2) is 0 Å². The largest absolute Gasteiger partial charge is 0.480 e. The van der Waals surface area contributed by atoms with Gasteiger partial charge in [-0.05, 0) is 31.2 Å². The molecule has 0 spiro atoms. The summed E-state index contributed by atoms with van der Waals surface area (Å²) >= 11 is 0. The van der Waals surface area contributed by atoms with E-state index >= 15 is 0 Å². The molecule has 0 aliphatic rings. The van der Waals surface area contributed by atoms with Gasteiger partial charge in [-0.3, -0.25) is 14.4 Å². The number of hydrogen-bond donors (Lipinski definition) is 3. The number of nitrogens with one attached hydrogen (secondary N) is 2. The minimum atomic E-state index is -1.10. The van der Waals surface area contributed by atoms with E-state index in [2.05, 4.69) is 10.6 Å². The number of amides is 2. The molecule has 3 N–H and O–H groups in total. The molecule has 0 saturated carbocycles. The second kappa shape index (κ2) is 6.70. The minimum Gasteiger partial charge on any atom is -0.480 e. The number of carbonyl (C=O) groups is 3. The number of rotatable bonds is 5. The van der Waals surface area contributed by atoms with Crippen molar-refractivity contribution in [2.45, 2.75) is 26.8 Å². The molecule has 0 bridgehead atoms. The van der Waals surface area contributed by atoms with E-state index < -0.39 is 17.9 Å². The number of aliphatic carboxylic acids is 1. The zero-order valence-corrected chi connectivity index (χ0v) is 11.6. The van der Waals surface area contributed by atoms with Gasteiger partial charge in [0.05, 0.1) is 0 Å². The lowest BCUT2D eigenvalue weighted by Gasteiger charge is -2.10. The zero-order chi connectivity index (χ0) is 15.3. The second-order valence-electron chi connectivity index (χ2n) is 4.75. The number of benzene rings is 1. The van der Waals surface area contributed by atoms with E-state index in [-0.39, 0.29) is 11.8 Å². The molecule has 0 heterocycles. The fraction of sp³-hybridized carbons (Fsp3) is 0.357. The van der Waals surface area contributed by atoms with Crippen molar-refractivity contribution in [3.05, 3.63) is 29.8 Å². The SMILES string of the molecule is CC(C)C(=O)Nc1ccc(C(=O)N[C@H](C)C(=O)O)cc1. The van der Waals surface area contributed by atoms with E-state index in [0.29, 0.717) is 11.3 Å². The molecule has 6 nitrogen and oxygen atoms in total. The van der Waals surface area contributed by atoms with Crippen molar-refractivity contribution in [1.29, 1.82) is 0 Å². The Bertz CT molecular complexity index is 508. The van der Waals surface area contributed by atoms with Crippen LogP contribution in [0.4, 0.5) is 5.69 Å². The Morgan fingerprint density at radius 2 is 1.60 bits per heavy atom. The Balaban J connectivity index is 2.69. The van der Waals surface area contributed by atoms with Crippen LogP contribution in [0.1, 0.15) is 31.1 Å². The summed E-state index contributed by atoms with van der Waals surface area (Å²) in [5.41, 5.74) is 0.923. The Kier molecular flexibility index (Phi) is 5.25. The van der Waals surface area contributed by atoms with E-state index in [4.69, 9.17) is 5.11 Å². The Morgan fingerprint density at radius 3 is 2.05 bits per heavy atom. The summed E-state index contributed by atoms with van der Waals surface area (Å²) in [6, 6.07) is 5.30. The average molecular weight is 278 g/mol. The van der Waals surface area contributed by atoms with E-state index in [1.165, 1.54) is 19.1 Å². The first-order chi connectivity index (χ1) is 9.31. The summed E-state index contributed by atoms with van der Waals surface area (Å²) in [7, 11) is 0. The summed E-state index contributed by atoms with van der Waals surface area (Å²) in [6.07, 6.45) is 0. The van der Waals surface area contributed by atoms with E-state index in [1.54, 1.807) is 26.0 Å². The van der Waals surface area contributed by atoms with Crippen molar-refractivity contribution in [3.63, 3.8) is 0 Å². The molecule has 0 radical (unpaired) electrons. The maximum Gasteiger partial charge on any atom is 0.325 e. The summed E-state index contributed by atoms with van der Waals surface area (Å²) in [6.45, 7) is 4.95. The topological polar surface area (TPSA) is 95.5 Å². The molecule has 0 saturated heterocycles. The second-order valence-corrected chi connectivity index (χ2v) is 4.75. The Hall–Kier alpha value is -2.37. The van der Waals surface area contributed by atoms with Crippen molar-refractivity contribution >= 4 is 23.5 Å². The minimum absolute atomic E-state index is 0.110. The highest BCUT2D eigenvalue weighted by Gasteiger charge is 2.15. The monoisotopic (exact) mass is 278 g/mol. The predicted octanol–water partition coefficient (Wildman–Crippen LogP) is 1.48. The van der Waals surface area contributed by atoms with Crippen molar-refractivity contribution < 1.29 is 19.5 Å². The van der Waals surface area contributed by atoms with Crippen LogP contribution in [0.5, 0.6) is 0 Å². The number of carboxylic acids is 1. The van der Waals surface area contributed by atoms with Crippen molar-refractivity contribution in [3.8, 4) is 0 Å². The van der Waals surface area contributed by atoms with Gasteiger partial charge >= 0.3 is 5.97 Å². The number of carboxylic acid groups (broad SMARTS) is 1. The highest BCUT2D eigenvalue weighted by Crippen LogP contribution is 2.11. The van der Waals surface area contributed by atoms with Crippen molar-refractivity contribution in [2.24, 2.45) is 5.92 Å². The first-order valence-electron chi connectivity index (χ1n) is 6.26. The average Bonchev–Trinajstić information content (AvgIpc) is 2.39. The van der Waals surface area contributed by atoms with Gasteiger partial charge in [-0.1, -0.05) is 13.8 Å². The first-order valence-corrected chi connectivity index (χ1v) is 6.26. The maximum absolute atomic E-state index is 11.7. The van der Waals surface area contributed by atoms with E-state index in [9.17, 15) is 14.4 Å². The molecule has 108 valence electrons. The van der Waals surface area contributed by atoms with Gasteiger partial charge in [-0.2, -0.15) is 0 Å². The zero-order valence-electron chi connectivity index (χ0n) is 11.6. The molecule has 0 fully saturated rings. The molecule has 2 amide bonds. The molecule has 0 aromatic heterocycles. The maximum atomic E-state index is 11.7. The van der Waals surface area contributed by atoms with Crippen molar-refractivity contribution in [2.75, 3.05) is 5.32 Å². The molecule has 20 heavy (non-hydrogen) atoms. The predicted molar refractivity (Wildman–Crippen MR) is 74.5 cm³/mol. The molecule has 1 atom stereocenters. The fourth-order valence-corrected chi connectivity index (χ4v) is 1.33. The molecule has 0 aliphatic carbocycles. The van der Waals surface area contributed by atoms with Crippen LogP contribution in [0.15, 0.2) is 24.3 Å². The third-order valence-corrected chi connectivity index (χ3v) is 2.66. The van der Waals surface area contributed by atoms with Crippen LogP contribution in [-0.4, -0.2) is 28.9 Å². The highest BCUT2D eigenvalue weighted by molar-refractivity contribution is 5.97.